The molecular formula is C14H22N4O3. The Kier molecular flexibility index (Phi) is 6.45. The van der Waals surface area contributed by atoms with E-state index in [-0.39, 0.29) is 18.4 Å². The van der Waals surface area contributed by atoms with E-state index in [0.717, 1.165) is 5.56 Å². The lowest BCUT2D eigenvalue weighted by atomic mass is 10.0. The summed E-state index contributed by atoms with van der Waals surface area (Å²) < 4.78 is 5.39. The van der Waals surface area contributed by atoms with Crippen molar-refractivity contribution in [1.29, 1.82) is 0 Å². The fourth-order valence-electron chi connectivity index (χ4n) is 1.81. The lowest BCUT2D eigenvalue weighted by Gasteiger charge is -2.20. The quantitative estimate of drug-likeness (QED) is 0.691. The molecule has 3 amide bonds. The molecular weight excluding hydrogens is 272 g/mol. The molecule has 1 rings (SSSR count). The molecule has 0 aliphatic rings. The molecule has 0 fully saturated rings. The highest BCUT2D eigenvalue weighted by Crippen LogP contribution is 2.14. The van der Waals surface area contributed by atoms with Crippen LogP contribution < -0.4 is 21.1 Å². The Bertz CT molecular complexity index is 491. The second-order valence-corrected chi connectivity index (χ2v) is 4.85. The highest BCUT2D eigenvalue weighted by Gasteiger charge is 2.23. The molecule has 0 spiro atoms. The first kappa shape index (κ1) is 16.7. The van der Waals surface area contributed by atoms with Gasteiger partial charge in [-0.05, 0) is 18.9 Å². The minimum absolute atomic E-state index is 0.0715. The molecule has 0 aliphatic carbocycles. The third kappa shape index (κ3) is 5.29. The van der Waals surface area contributed by atoms with Crippen molar-refractivity contribution < 1.29 is 14.3 Å². The van der Waals surface area contributed by atoms with E-state index in [1.807, 2.05) is 26.8 Å². The Morgan fingerprint density at radius 3 is 2.71 bits per heavy atom. The maximum Gasteiger partial charge on any atom is 0.312 e. The zero-order valence-corrected chi connectivity index (χ0v) is 12.6. The van der Waals surface area contributed by atoms with Crippen LogP contribution in [0.1, 0.15) is 26.3 Å². The van der Waals surface area contributed by atoms with Crippen LogP contribution in [0.4, 0.5) is 4.79 Å². The summed E-state index contributed by atoms with van der Waals surface area (Å²) in [5.41, 5.74) is 5.85. The molecule has 0 saturated carbocycles. The number of rotatable bonds is 7. The molecule has 1 heterocycles. The summed E-state index contributed by atoms with van der Waals surface area (Å²) in [5.74, 6) is 0.122. The fourth-order valence-corrected chi connectivity index (χ4v) is 1.81. The van der Waals surface area contributed by atoms with Gasteiger partial charge >= 0.3 is 6.03 Å². The van der Waals surface area contributed by atoms with Gasteiger partial charge < -0.3 is 21.1 Å². The normalized spacial score (nSPS) is 11.8. The number of carbonyl (C=O) groups excluding carboxylic acids is 2. The van der Waals surface area contributed by atoms with Gasteiger partial charge in [-0.15, -0.1) is 0 Å². The van der Waals surface area contributed by atoms with Crippen molar-refractivity contribution in [2.45, 2.75) is 33.4 Å². The predicted molar refractivity (Wildman–Crippen MR) is 78.6 cm³/mol. The number of carbonyl (C=O) groups is 2. The van der Waals surface area contributed by atoms with E-state index in [4.69, 9.17) is 10.5 Å². The molecule has 21 heavy (non-hydrogen) atoms. The predicted octanol–water partition coefficient (Wildman–Crippen LogP) is 0.789. The van der Waals surface area contributed by atoms with Crippen LogP contribution in [0.25, 0.3) is 0 Å². The number of hydrogen-bond donors (Lipinski definition) is 3. The molecule has 1 aromatic rings. The number of pyridine rings is 1. The maximum absolute atomic E-state index is 12.1. The number of nitrogens with one attached hydrogen (secondary N) is 2. The average molecular weight is 294 g/mol. The molecule has 0 aromatic carbocycles. The molecule has 0 aliphatic heterocycles. The van der Waals surface area contributed by atoms with Crippen molar-refractivity contribution in [3.8, 4) is 5.88 Å². The van der Waals surface area contributed by atoms with Gasteiger partial charge in [0.05, 0.1) is 6.61 Å². The second-order valence-electron chi connectivity index (χ2n) is 4.85. The van der Waals surface area contributed by atoms with Crippen molar-refractivity contribution in [3.05, 3.63) is 23.9 Å². The second kappa shape index (κ2) is 8.08. The fraction of sp³-hybridized carbons (Fsp3) is 0.500. The van der Waals surface area contributed by atoms with Crippen LogP contribution in [0, 0.1) is 5.92 Å². The van der Waals surface area contributed by atoms with Gasteiger partial charge in [0.25, 0.3) is 0 Å². The van der Waals surface area contributed by atoms with Gasteiger partial charge in [-0.1, -0.05) is 19.9 Å². The Balaban J connectivity index is 2.68. The van der Waals surface area contributed by atoms with Crippen LogP contribution in [0.3, 0.4) is 0 Å². The van der Waals surface area contributed by atoms with Crippen LogP contribution >= 0.6 is 0 Å². The van der Waals surface area contributed by atoms with Crippen molar-refractivity contribution in [2.24, 2.45) is 11.7 Å². The van der Waals surface area contributed by atoms with Crippen molar-refractivity contribution >= 4 is 11.9 Å². The topological polar surface area (TPSA) is 106 Å². The minimum atomic E-state index is -0.722. The molecule has 0 radical (unpaired) electrons. The maximum atomic E-state index is 12.1. The molecule has 0 saturated heterocycles. The van der Waals surface area contributed by atoms with Gasteiger partial charge in [0.1, 0.15) is 6.04 Å². The van der Waals surface area contributed by atoms with Crippen LogP contribution in [-0.2, 0) is 11.3 Å². The zero-order valence-electron chi connectivity index (χ0n) is 12.6. The van der Waals surface area contributed by atoms with E-state index in [1.165, 1.54) is 0 Å². The summed E-state index contributed by atoms with van der Waals surface area (Å²) in [7, 11) is 0. The Morgan fingerprint density at radius 2 is 2.14 bits per heavy atom. The summed E-state index contributed by atoms with van der Waals surface area (Å²) in [6.07, 6.45) is 1.63. The highest BCUT2D eigenvalue weighted by atomic mass is 16.5. The van der Waals surface area contributed by atoms with Gasteiger partial charge in [0.2, 0.25) is 11.8 Å². The first-order valence-electron chi connectivity index (χ1n) is 6.86. The minimum Gasteiger partial charge on any atom is -0.478 e. The number of ether oxygens (including phenoxy) is 1. The smallest absolute Gasteiger partial charge is 0.312 e. The molecule has 7 nitrogen and oxygen atoms in total. The lowest BCUT2D eigenvalue weighted by molar-refractivity contribution is -0.124. The van der Waals surface area contributed by atoms with Gasteiger partial charge in [0.15, 0.2) is 0 Å². The molecule has 0 bridgehead atoms. The summed E-state index contributed by atoms with van der Waals surface area (Å²) in [6, 6.07) is 2.20. The van der Waals surface area contributed by atoms with E-state index in [0.29, 0.717) is 12.5 Å². The summed E-state index contributed by atoms with van der Waals surface area (Å²) in [6.45, 7) is 6.29. The largest absolute Gasteiger partial charge is 0.478 e. The van der Waals surface area contributed by atoms with Gasteiger partial charge in [-0.3, -0.25) is 4.79 Å². The number of urea groups is 1. The number of nitrogens with zero attached hydrogens (tertiary/aromatic N) is 1. The van der Waals surface area contributed by atoms with Crippen LogP contribution in [-0.4, -0.2) is 29.6 Å². The third-order valence-corrected chi connectivity index (χ3v) is 2.83. The lowest BCUT2D eigenvalue weighted by Crippen LogP contribution is -2.51. The number of amides is 3. The SMILES string of the molecule is CCOc1ncccc1CNC(=O)C(NC(N)=O)C(C)C. The van der Waals surface area contributed by atoms with Crippen molar-refractivity contribution in [3.63, 3.8) is 0 Å². The highest BCUT2D eigenvalue weighted by molar-refractivity contribution is 5.86. The van der Waals surface area contributed by atoms with E-state index in [9.17, 15) is 9.59 Å². The van der Waals surface area contributed by atoms with E-state index in [2.05, 4.69) is 15.6 Å². The molecule has 1 aromatic heterocycles. The van der Waals surface area contributed by atoms with Gasteiger partial charge in [-0.2, -0.15) is 0 Å². The summed E-state index contributed by atoms with van der Waals surface area (Å²) in [5, 5.41) is 5.19. The standard InChI is InChI=1S/C14H22N4O3/c1-4-21-13-10(6-5-7-16-13)8-17-12(19)11(9(2)3)18-14(15)20/h5-7,9,11H,4,8H2,1-3H3,(H,17,19)(H3,15,18,20). The Morgan fingerprint density at radius 1 is 1.43 bits per heavy atom. The number of aromatic nitrogens is 1. The van der Waals surface area contributed by atoms with Crippen LogP contribution in [0.2, 0.25) is 0 Å². The number of nitrogens with two attached hydrogens (primary N) is 1. The van der Waals surface area contributed by atoms with Crippen molar-refractivity contribution in [2.75, 3.05) is 6.61 Å². The Hall–Kier alpha value is -2.31. The van der Waals surface area contributed by atoms with E-state index in [1.54, 1.807) is 12.3 Å². The Labute approximate surface area is 124 Å². The first-order valence-corrected chi connectivity index (χ1v) is 6.86. The summed E-state index contributed by atoms with van der Waals surface area (Å²) in [4.78, 5) is 27.2. The third-order valence-electron chi connectivity index (χ3n) is 2.83. The van der Waals surface area contributed by atoms with E-state index >= 15 is 0 Å². The number of hydrogen-bond acceptors (Lipinski definition) is 4. The van der Waals surface area contributed by atoms with E-state index < -0.39 is 12.1 Å². The van der Waals surface area contributed by atoms with Crippen LogP contribution in [0.15, 0.2) is 18.3 Å². The monoisotopic (exact) mass is 294 g/mol. The van der Waals surface area contributed by atoms with Crippen molar-refractivity contribution in [1.82, 2.24) is 15.6 Å². The first-order chi connectivity index (χ1) is 9.95. The number of primary amides is 1. The molecule has 1 unspecified atom stereocenters. The zero-order chi connectivity index (χ0) is 15.8. The van der Waals surface area contributed by atoms with Crippen LogP contribution in [0.5, 0.6) is 5.88 Å². The molecule has 116 valence electrons. The van der Waals surface area contributed by atoms with Gasteiger partial charge in [-0.25, -0.2) is 9.78 Å². The molecule has 1 atom stereocenters. The average Bonchev–Trinajstić information content (AvgIpc) is 2.43. The summed E-state index contributed by atoms with van der Waals surface area (Å²) >= 11 is 0. The molecule has 7 heteroatoms. The van der Waals surface area contributed by atoms with Gasteiger partial charge in [0, 0.05) is 18.3 Å². The molecule has 4 N–H and O–H groups in total.